The second-order valence-electron chi connectivity index (χ2n) is 8.30. The van der Waals surface area contributed by atoms with Crippen LogP contribution in [0.5, 0.6) is 0 Å². The van der Waals surface area contributed by atoms with E-state index in [0.29, 0.717) is 6.04 Å². The van der Waals surface area contributed by atoms with Crippen molar-refractivity contribution in [3.05, 3.63) is 0 Å². The summed E-state index contributed by atoms with van der Waals surface area (Å²) < 4.78 is 6.11. The fourth-order valence-corrected chi connectivity index (χ4v) is 3.60. The molecule has 1 aliphatic heterocycles. The van der Waals surface area contributed by atoms with Crippen LogP contribution in [0.25, 0.3) is 0 Å². The first-order valence-corrected chi connectivity index (χ1v) is 8.25. The molecule has 1 unspecified atom stereocenters. The van der Waals surface area contributed by atoms with Gasteiger partial charge < -0.3 is 4.74 Å². The molecule has 2 rings (SSSR count). The van der Waals surface area contributed by atoms with E-state index < -0.39 is 0 Å². The summed E-state index contributed by atoms with van der Waals surface area (Å²) in [4.78, 5) is 2.48. The van der Waals surface area contributed by atoms with E-state index in [9.17, 15) is 5.26 Å². The summed E-state index contributed by atoms with van der Waals surface area (Å²) >= 11 is 0. The second-order valence-corrected chi connectivity index (χ2v) is 8.30. The summed E-state index contributed by atoms with van der Waals surface area (Å²) in [7, 11) is 0. The van der Waals surface area contributed by atoms with Crippen LogP contribution in [0.2, 0.25) is 0 Å². The third kappa shape index (κ3) is 5.25. The molecule has 4 nitrogen and oxygen atoms in total. The van der Waals surface area contributed by atoms with Gasteiger partial charge >= 0.3 is 0 Å². The van der Waals surface area contributed by atoms with Crippen LogP contribution in [-0.4, -0.2) is 47.3 Å². The Morgan fingerprint density at radius 3 is 2.29 bits per heavy atom. The minimum atomic E-state index is -0.363. The molecule has 1 heterocycles. The maximum atomic E-state index is 9.42. The number of nitriles is 1. The molecule has 1 aliphatic carbocycles. The Labute approximate surface area is 129 Å². The first kappa shape index (κ1) is 16.7. The minimum Gasteiger partial charge on any atom is -0.367 e. The topological polar surface area (TPSA) is 48.3 Å². The van der Waals surface area contributed by atoms with E-state index in [4.69, 9.17) is 4.74 Å². The van der Waals surface area contributed by atoms with Crippen molar-refractivity contribution in [3.8, 4) is 6.07 Å². The summed E-state index contributed by atoms with van der Waals surface area (Å²) in [6.07, 6.45) is 4.42. The molecule has 4 heteroatoms. The SMILES string of the molecule is CC(C#N)(CCCN1CC(C)(C)OC(C)(C)C1)NC1CC1. The van der Waals surface area contributed by atoms with Crippen molar-refractivity contribution < 1.29 is 4.74 Å². The molecule has 1 N–H and O–H groups in total. The van der Waals surface area contributed by atoms with Crippen molar-refractivity contribution in [1.29, 1.82) is 5.26 Å². The lowest BCUT2D eigenvalue weighted by molar-refractivity contribution is -0.180. The Hall–Kier alpha value is -0.630. The van der Waals surface area contributed by atoms with Crippen molar-refractivity contribution in [2.75, 3.05) is 19.6 Å². The first-order chi connectivity index (χ1) is 9.63. The van der Waals surface area contributed by atoms with Gasteiger partial charge in [-0.05, 0) is 66.8 Å². The Bertz CT molecular complexity index is 393. The molecule has 0 bridgehead atoms. The van der Waals surface area contributed by atoms with Crippen LogP contribution in [0.15, 0.2) is 0 Å². The Morgan fingerprint density at radius 2 is 1.81 bits per heavy atom. The van der Waals surface area contributed by atoms with Gasteiger partial charge in [0.1, 0.15) is 5.54 Å². The zero-order valence-corrected chi connectivity index (χ0v) is 14.3. The smallest absolute Gasteiger partial charge is 0.104 e. The maximum Gasteiger partial charge on any atom is 0.104 e. The normalized spacial score (nSPS) is 27.8. The Kier molecular flexibility index (Phi) is 4.68. The van der Waals surface area contributed by atoms with Gasteiger partial charge in [0, 0.05) is 19.1 Å². The van der Waals surface area contributed by atoms with Crippen LogP contribution in [0.1, 0.15) is 60.3 Å². The molecule has 0 radical (unpaired) electrons. The molecule has 1 saturated heterocycles. The highest BCUT2D eigenvalue weighted by Gasteiger charge is 2.38. The van der Waals surface area contributed by atoms with E-state index in [2.05, 4.69) is 44.0 Å². The Balaban J connectivity index is 1.80. The van der Waals surface area contributed by atoms with Gasteiger partial charge in [-0.25, -0.2) is 0 Å². The summed E-state index contributed by atoms with van der Waals surface area (Å²) in [5.74, 6) is 0. The Morgan fingerprint density at radius 1 is 1.24 bits per heavy atom. The van der Waals surface area contributed by atoms with Crippen molar-refractivity contribution in [1.82, 2.24) is 10.2 Å². The van der Waals surface area contributed by atoms with Gasteiger partial charge in [0.25, 0.3) is 0 Å². The molecule has 1 atom stereocenters. The van der Waals surface area contributed by atoms with Crippen molar-refractivity contribution in [2.24, 2.45) is 0 Å². The molecule has 0 aromatic rings. The minimum absolute atomic E-state index is 0.0907. The molecule has 0 amide bonds. The number of hydrogen-bond acceptors (Lipinski definition) is 4. The third-order valence-corrected chi connectivity index (χ3v) is 4.26. The van der Waals surface area contributed by atoms with Gasteiger partial charge in [-0.2, -0.15) is 5.26 Å². The van der Waals surface area contributed by atoms with E-state index in [-0.39, 0.29) is 16.7 Å². The highest BCUT2D eigenvalue weighted by Crippen LogP contribution is 2.29. The van der Waals surface area contributed by atoms with E-state index in [1.807, 2.05) is 6.92 Å². The summed E-state index contributed by atoms with van der Waals surface area (Å²) in [5.41, 5.74) is -0.544. The van der Waals surface area contributed by atoms with Crippen LogP contribution in [0, 0.1) is 11.3 Å². The number of ether oxygens (including phenoxy) is 1. The number of rotatable bonds is 6. The summed E-state index contributed by atoms with van der Waals surface area (Å²) in [6.45, 7) is 13.7. The van der Waals surface area contributed by atoms with E-state index in [1.54, 1.807) is 0 Å². The van der Waals surface area contributed by atoms with Crippen molar-refractivity contribution >= 4 is 0 Å². The third-order valence-electron chi connectivity index (χ3n) is 4.26. The van der Waals surface area contributed by atoms with Crippen LogP contribution in [0.3, 0.4) is 0 Å². The molecular weight excluding hydrogens is 262 g/mol. The predicted molar refractivity (Wildman–Crippen MR) is 85.1 cm³/mol. The lowest BCUT2D eigenvalue weighted by Gasteiger charge is -2.47. The summed E-state index contributed by atoms with van der Waals surface area (Å²) in [5, 5.41) is 12.9. The summed E-state index contributed by atoms with van der Waals surface area (Å²) in [6, 6.07) is 3.05. The maximum absolute atomic E-state index is 9.42. The standard InChI is InChI=1S/C17H31N3O/c1-15(2)12-20(13-16(3,4)21-15)10-6-9-17(5,11-18)19-14-7-8-14/h14,19H,6-10,12-13H2,1-5H3. The number of morpholine rings is 1. The molecular formula is C17H31N3O. The van der Waals surface area contributed by atoms with E-state index >= 15 is 0 Å². The average molecular weight is 293 g/mol. The van der Waals surface area contributed by atoms with E-state index in [1.165, 1.54) is 12.8 Å². The van der Waals surface area contributed by atoms with E-state index in [0.717, 1.165) is 32.5 Å². The number of nitrogens with one attached hydrogen (secondary N) is 1. The lowest BCUT2D eigenvalue weighted by atomic mass is 9.95. The van der Waals surface area contributed by atoms with Crippen LogP contribution in [-0.2, 0) is 4.74 Å². The highest BCUT2D eigenvalue weighted by atomic mass is 16.5. The number of hydrogen-bond donors (Lipinski definition) is 1. The molecule has 0 aromatic carbocycles. The van der Waals surface area contributed by atoms with Crippen LogP contribution in [0.4, 0.5) is 0 Å². The largest absolute Gasteiger partial charge is 0.367 e. The number of nitrogens with zero attached hydrogens (tertiary/aromatic N) is 2. The van der Waals surface area contributed by atoms with Crippen LogP contribution >= 0.6 is 0 Å². The molecule has 0 aromatic heterocycles. The first-order valence-electron chi connectivity index (χ1n) is 8.25. The fourth-order valence-electron chi connectivity index (χ4n) is 3.60. The highest BCUT2D eigenvalue weighted by molar-refractivity contribution is 5.07. The molecule has 120 valence electrons. The van der Waals surface area contributed by atoms with Crippen LogP contribution < -0.4 is 5.32 Å². The van der Waals surface area contributed by atoms with Crippen molar-refractivity contribution in [3.63, 3.8) is 0 Å². The molecule has 2 fully saturated rings. The lowest BCUT2D eigenvalue weighted by Crippen LogP contribution is -2.57. The molecule has 2 aliphatic rings. The van der Waals surface area contributed by atoms with Gasteiger partial charge in [-0.1, -0.05) is 0 Å². The average Bonchev–Trinajstić information content (AvgIpc) is 3.08. The molecule has 0 spiro atoms. The monoisotopic (exact) mass is 293 g/mol. The molecule has 21 heavy (non-hydrogen) atoms. The van der Waals surface area contributed by atoms with Gasteiger partial charge in [0.15, 0.2) is 0 Å². The quantitative estimate of drug-likeness (QED) is 0.818. The van der Waals surface area contributed by atoms with Crippen molar-refractivity contribution in [2.45, 2.75) is 83.1 Å². The second kappa shape index (κ2) is 5.87. The fraction of sp³-hybridized carbons (Fsp3) is 0.941. The van der Waals surface area contributed by atoms with Gasteiger partial charge in [0.05, 0.1) is 17.3 Å². The van der Waals surface area contributed by atoms with Gasteiger partial charge in [-0.3, -0.25) is 10.2 Å². The van der Waals surface area contributed by atoms with Gasteiger partial charge in [-0.15, -0.1) is 0 Å². The van der Waals surface area contributed by atoms with Gasteiger partial charge in [0.2, 0.25) is 0 Å². The zero-order chi connectivity index (χ0) is 15.7. The molecule has 1 saturated carbocycles. The predicted octanol–water partition coefficient (Wildman–Crippen LogP) is 2.69. The zero-order valence-electron chi connectivity index (χ0n) is 14.3.